The van der Waals surface area contributed by atoms with Crippen LogP contribution >= 0.6 is 23.2 Å². The number of rotatable bonds is 6. The minimum atomic E-state index is -0.692. The average Bonchev–Trinajstić information content (AvgIpc) is 2.61. The first-order chi connectivity index (χ1) is 12.0. The largest absolute Gasteiger partial charge is 0.452 e. The monoisotopic (exact) mass is 379 g/mol. The predicted molar refractivity (Wildman–Crippen MR) is 101 cm³/mol. The summed E-state index contributed by atoms with van der Waals surface area (Å²) in [7, 11) is 0. The van der Waals surface area contributed by atoms with Gasteiger partial charge in [-0.1, -0.05) is 55.2 Å². The quantitative estimate of drug-likeness (QED) is 0.725. The normalized spacial score (nSPS) is 10.4. The van der Waals surface area contributed by atoms with Crippen LogP contribution in [0.1, 0.15) is 35.3 Å². The lowest BCUT2D eigenvalue weighted by atomic mass is 10.0. The number of carbonyl (C=O) groups is 2. The minimum absolute atomic E-state index is 0.130. The van der Waals surface area contributed by atoms with E-state index in [-0.39, 0.29) is 10.6 Å². The Hall–Kier alpha value is -2.04. The third kappa shape index (κ3) is 4.97. The summed E-state index contributed by atoms with van der Waals surface area (Å²) in [6.45, 7) is 3.64. The second-order valence-electron chi connectivity index (χ2n) is 5.41. The maximum Gasteiger partial charge on any atom is 0.340 e. The van der Waals surface area contributed by atoms with E-state index in [0.29, 0.717) is 5.02 Å². The highest BCUT2D eigenvalue weighted by Gasteiger charge is 2.16. The molecule has 2 rings (SSSR count). The van der Waals surface area contributed by atoms with E-state index in [1.54, 1.807) is 6.07 Å². The van der Waals surface area contributed by atoms with Crippen molar-refractivity contribution in [2.45, 2.75) is 26.7 Å². The molecule has 0 radical (unpaired) electrons. The second-order valence-corrected chi connectivity index (χ2v) is 6.25. The molecule has 4 nitrogen and oxygen atoms in total. The van der Waals surface area contributed by atoms with Crippen LogP contribution in [0.5, 0.6) is 0 Å². The smallest absolute Gasteiger partial charge is 0.340 e. The lowest BCUT2D eigenvalue weighted by molar-refractivity contribution is -0.119. The highest BCUT2D eigenvalue weighted by atomic mass is 35.5. The number of para-hydroxylation sites is 1. The molecule has 0 atom stereocenters. The van der Waals surface area contributed by atoms with Crippen molar-refractivity contribution in [1.82, 2.24) is 0 Å². The van der Waals surface area contributed by atoms with Crippen LogP contribution in [0.2, 0.25) is 10.0 Å². The molecule has 6 heteroatoms. The van der Waals surface area contributed by atoms with Gasteiger partial charge in [-0.15, -0.1) is 0 Å². The van der Waals surface area contributed by atoms with E-state index in [9.17, 15) is 9.59 Å². The van der Waals surface area contributed by atoms with Crippen LogP contribution in [0, 0.1) is 0 Å². The Morgan fingerprint density at radius 3 is 2.28 bits per heavy atom. The van der Waals surface area contributed by atoms with Crippen molar-refractivity contribution < 1.29 is 14.3 Å². The molecule has 0 heterocycles. The average molecular weight is 380 g/mol. The summed E-state index contributed by atoms with van der Waals surface area (Å²) >= 11 is 11.8. The SMILES string of the molecule is CCc1cccc(CC)c1NC(=O)COC(=O)c1cc(Cl)ccc1Cl. The van der Waals surface area contributed by atoms with E-state index in [2.05, 4.69) is 5.32 Å². The van der Waals surface area contributed by atoms with E-state index in [4.69, 9.17) is 27.9 Å². The van der Waals surface area contributed by atoms with E-state index in [0.717, 1.165) is 29.7 Å². The van der Waals surface area contributed by atoms with Crippen molar-refractivity contribution in [3.63, 3.8) is 0 Å². The Balaban J connectivity index is 2.04. The lowest BCUT2D eigenvalue weighted by Crippen LogP contribution is -2.22. The van der Waals surface area contributed by atoms with Crippen molar-refractivity contribution >= 4 is 40.8 Å². The highest BCUT2D eigenvalue weighted by molar-refractivity contribution is 6.35. The Morgan fingerprint density at radius 1 is 1.04 bits per heavy atom. The molecule has 0 unspecified atom stereocenters. The molecular formula is C19H19Cl2NO3. The van der Waals surface area contributed by atoms with Crippen molar-refractivity contribution in [3.05, 3.63) is 63.1 Å². The number of ether oxygens (including phenoxy) is 1. The lowest BCUT2D eigenvalue weighted by Gasteiger charge is -2.14. The molecule has 0 aliphatic heterocycles. The molecule has 0 saturated carbocycles. The number of halogens is 2. The maximum atomic E-state index is 12.2. The number of aryl methyl sites for hydroxylation is 2. The fourth-order valence-electron chi connectivity index (χ4n) is 2.44. The number of amides is 1. The van der Waals surface area contributed by atoms with Crippen molar-refractivity contribution in [1.29, 1.82) is 0 Å². The van der Waals surface area contributed by atoms with Gasteiger partial charge in [0, 0.05) is 10.7 Å². The number of anilines is 1. The molecule has 2 aromatic rings. The first-order valence-corrected chi connectivity index (χ1v) is 8.74. The van der Waals surface area contributed by atoms with Crippen LogP contribution in [0.4, 0.5) is 5.69 Å². The molecule has 0 aliphatic rings. The number of carbonyl (C=O) groups excluding carboxylic acids is 2. The van der Waals surface area contributed by atoms with Crippen molar-refractivity contribution in [3.8, 4) is 0 Å². The van der Waals surface area contributed by atoms with Crippen LogP contribution in [-0.4, -0.2) is 18.5 Å². The summed E-state index contributed by atoms with van der Waals surface area (Å²) in [5, 5.41) is 3.43. The van der Waals surface area contributed by atoms with Crippen LogP contribution < -0.4 is 5.32 Å². The van der Waals surface area contributed by atoms with Crippen LogP contribution in [0.3, 0.4) is 0 Å². The zero-order valence-electron chi connectivity index (χ0n) is 14.1. The molecule has 132 valence electrons. The summed E-state index contributed by atoms with van der Waals surface area (Å²) in [5.41, 5.74) is 2.99. The zero-order valence-corrected chi connectivity index (χ0v) is 15.6. The van der Waals surface area contributed by atoms with E-state index < -0.39 is 18.5 Å². The van der Waals surface area contributed by atoms with Gasteiger partial charge in [-0.25, -0.2) is 4.79 Å². The fraction of sp³-hybridized carbons (Fsp3) is 0.263. The van der Waals surface area contributed by atoms with E-state index in [1.807, 2.05) is 32.0 Å². The number of nitrogens with one attached hydrogen (secondary N) is 1. The summed E-state index contributed by atoms with van der Waals surface area (Å²) in [6.07, 6.45) is 1.59. The molecule has 0 spiro atoms. The van der Waals surface area contributed by atoms with Gasteiger partial charge in [0.05, 0.1) is 10.6 Å². The molecular weight excluding hydrogens is 361 g/mol. The number of hydrogen-bond acceptors (Lipinski definition) is 3. The van der Waals surface area contributed by atoms with Gasteiger partial charge in [0.25, 0.3) is 5.91 Å². The Kier molecular flexibility index (Phi) is 6.85. The van der Waals surface area contributed by atoms with Crippen LogP contribution in [0.15, 0.2) is 36.4 Å². The third-order valence-electron chi connectivity index (χ3n) is 3.75. The van der Waals surface area contributed by atoms with Gasteiger partial charge in [-0.2, -0.15) is 0 Å². The van der Waals surface area contributed by atoms with E-state index >= 15 is 0 Å². The van der Waals surface area contributed by atoms with Crippen LogP contribution in [0.25, 0.3) is 0 Å². The molecule has 2 aromatic carbocycles. The van der Waals surface area contributed by atoms with E-state index in [1.165, 1.54) is 12.1 Å². The Morgan fingerprint density at radius 2 is 1.68 bits per heavy atom. The summed E-state index contributed by atoms with van der Waals surface area (Å²) in [4.78, 5) is 24.3. The van der Waals surface area contributed by atoms with Gasteiger partial charge in [0.15, 0.2) is 6.61 Å². The Bertz CT molecular complexity index is 768. The first kappa shape index (κ1) is 19.3. The van der Waals surface area contributed by atoms with Gasteiger partial charge in [-0.3, -0.25) is 4.79 Å². The standard InChI is InChI=1S/C19H19Cl2NO3/c1-3-12-6-5-7-13(4-2)18(12)22-17(23)11-25-19(24)15-10-14(20)8-9-16(15)21/h5-10H,3-4,11H2,1-2H3,(H,22,23). The van der Waals surface area contributed by atoms with Crippen molar-refractivity contribution in [2.75, 3.05) is 11.9 Å². The van der Waals surface area contributed by atoms with Crippen molar-refractivity contribution in [2.24, 2.45) is 0 Å². The molecule has 0 aliphatic carbocycles. The summed E-state index contributed by atoms with van der Waals surface area (Å²) in [6, 6.07) is 10.4. The predicted octanol–water partition coefficient (Wildman–Crippen LogP) is 4.91. The molecule has 0 fully saturated rings. The molecule has 1 amide bonds. The second kappa shape index (κ2) is 8.88. The number of esters is 1. The molecule has 1 N–H and O–H groups in total. The zero-order chi connectivity index (χ0) is 18.4. The van der Waals surface area contributed by atoms with Gasteiger partial charge in [0.2, 0.25) is 0 Å². The van der Waals surface area contributed by atoms with Gasteiger partial charge < -0.3 is 10.1 Å². The first-order valence-electron chi connectivity index (χ1n) is 7.99. The fourth-order valence-corrected chi connectivity index (χ4v) is 2.81. The molecule has 0 saturated heterocycles. The van der Waals surface area contributed by atoms with Crippen LogP contribution in [-0.2, 0) is 22.4 Å². The van der Waals surface area contributed by atoms with Gasteiger partial charge in [-0.05, 0) is 42.2 Å². The number of benzene rings is 2. The third-order valence-corrected chi connectivity index (χ3v) is 4.31. The summed E-state index contributed by atoms with van der Waals surface area (Å²) in [5.74, 6) is -1.09. The molecule has 0 bridgehead atoms. The summed E-state index contributed by atoms with van der Waals surface area (Å²) < 4.78 is 5.05. The minimum Gasteiger partial charge on any atom is -0.452 e. The topological polar surface area (TPSA) is 55.4 Å². The van der Waals surface area contributed by atoms with Gasteiger partial charge >= 0.3 is 5.97 Å². The molecule has 0 aromatic heterocycles. The molecule has 25 heavy (non-hydrogen) atoms. The van der Waals surface area contributed by atoms with Gasteiger partial charge in [0.1, 0.15) is 0 Å². The Labute approximate surface area is 157 Å². The highest BCUT2D eigenvalue weighted by Crippen LogP contribution is 2.23. The number of hydrogen-bond donors (Lipinski definition) is 1. The maximum absolute atomic E-state index is 12.2.